The normalized spacial score (nSPS) is 28.0. The van der Waals surface area contributed by atoms with Crippen LogP contribution in [-0.4, -0.2) is 31.8 Å². The first kappa shape index (κ1) is 15.3. The van der Waals surface area contributed by atoms with Gasteiger partial charge in [-0.15, -0.1) is 0 Å². The van der Waals surface area contributed by atoms with Crippen molar-refractivity contribution in [3.05, 3.63) is 29.8 Å². The van der Waals surface area contributed by atoms with E-state index < -0.39 is 0 Å². The Balaban J connectivity index is 2.04. The van der Waals surface area contributed by atoms with Crippen molar-refractivity contribution in [1.82, 2.24) is 0 Å². The number of nitrogens with zero attached hydrogens (tertiary/aromatic N) is 1. The van der Waals surface area contributed by atoms with Gasteiger partial charge in [-0.1, -0.05) is 31.5 Å². The van der Waals surface area contributed by atoms with Crippen LogP contribution in [0.2, 0.25) is 0 Å². The third-order valence-corrected chi connectivity index (χ3v) is 5.00. The van der Waals surface area contributed by atoms with Crippen LogP contribution in [0.25, 0.3) is 0 Å². The lowest BCUT2D eigenvalue weighted by Gasteiger charge is -2.60. The Kier molecular flexibility index (Phi) is 4.12. The predicted molar refractivity (Wildman–Crippen MR) is 85.2 cm³/mol. The van der Waals surface area contributed by atoms with Crippen LogP contribution >= 0.6 is 0 Å². The van der Waals surface area contributed by atoms with Gasteiger partial charge in [0, 0.05) is 36.8 Å². The molecule has 2 rings (SSSR count). The quantitative estimate of drug-likeness (QED) is 0.898. The van der Waals surface area contributed by atoms with Crippen LogP contribution in [0.3, 0.4) is 0 Å². The Morgan fingerprint density at radius 1 is 1.30 bits per heavy atom. The fourth-order valence-corrected chi connectivity index (χ4v) is 3.09. The van der Waals surface area contributed by atoms with E-state index in [-0.39, 0.29) is 17.1 Å². The van der Waals surface area contributed by atoms with Crippen molar-refractivity contribution in [2.24, 2.45) is 11.1 Å². The molecular formula is C17H28N2O. The zero-order valence-electron chi connectivity index (χ0n) is 13.4. The number of hydrogen-bond donors (Lipinski definition) is 1. The third-order valence-electron chi connectivity index (χ3n) is 5.00. The molecule has 0 radical (unpaired) electrons. The molecule has 2 atom stereocenters. The molecule has 0 aromatic heterocycles. The number of ether oxygens (including phenoxy) is 1. The Labute approximate surface area is 123 Å². The Bertz CT molecular complexity index is 455. The number of aryl methyl sites for hydroxylation is 1. The molecule has 2 N–H and O–H groups in total. The summed E-state index contributed by atoms with van der Waals surface area (Å²) in [7, 11) is 2.11. The molecule has 1 aliphatic carbocycles. The molecule has 20 heavy (non-hydrogen) atoms. The highest BCUT2D eigenvalue weighted by molar-refractivity contribution is 5.47. The average Bonchev–Trinajstić information content (AvgIpc) is 2.39. The van der Waals surface area contributed by atoms with E-state index in [0.29, 0.717) is 0 Å². The summed E-state index contributed by atoms with van der Waals surface area (Å²) in [5.41, 5.74) is 8.98. The summed E-state index contributed by atoms with van der Waals surface area (Å²) in [5, 5.41) is 0. The largest absolute Gasteiger partial charge is 0.378 e. The highest BCUT2D eigenvalue weighted by atomic mass is 16.5. The lowest BCUT2D eigenvalue weighted by Crippen LogP contribution is -2.73. The van der Waals surface area contributed by atoms with Gasteiger partial charge < -0.3 is 15.4 Å². The summed E-state index contributed by atoms with van der Waals surface area (Å²) >= 11 is 0. The van der Waals surface area contributed by atoms with Crippen molar-refractivity contribution >= 4 is 5.69 Å². The summed E-state index contributed by atoms with van der Waals surface area (Å²) in [6.07, 6.45) is 1.22. The zero-order chi connectivity index (χ0) is 15.0. The summed E-state index contributed by atoms with van der Waals surface area (Å²) in [5.74, 6) is 0. The fourth-order valence-electron chi connectivity index (χ4n) is 3.09. The standard InChI is InChI=1S/C17H28N2O/c1-6-20-15-11-17(18,16(15,3)4)12-19(5)14-9-7-13(2)8-10-14/h7-10,15H,6,11-12,18H2,1-5H3. The summed E-state index contributed by atoms with van der Waals surface area (Å²) < 4.78 is 5.79. The maximum Gasteiger partial charge on any atom is 0.0662 e. The first-order chi connectivity index (χ1) is 9.30. The molecule has 1 saturated carbocycles. The monoisotopic (exact) mass is 276 g/mol. The topological polar surface area (TPSA) is 38.5 Å². The van der Waals surface area contributed by atoms with Crippen LogP contribution in [-0.2, 0) is 4.74 Å². The van der Waals surface area contributed by atoms with Crippen molar-refractivity contribution in [2.75, 3.05) is 25.1 Å². The molecule has 0 spiro atoms. The van der Waals surface area contributed by atoms with E-state index in [2.05, 4.69) is 57.0 Å². The van der Waals surface area contributed by atoms with Gasteiger partial charge in [-0.2, -0.15) is 0 Å². The molecule has 3 nitrogen and oxygen atoms in total. The molecule has 1 aliphatic rings. The van der Waals surface area contributed by atoms with Crippen molar-refractivity contribution in [1.29, 1.82) is 0 Å². The van der Waals surface area contributed by atoms with Crippen LogP contribution < -0.4 is 10.6 Å². The zero-order valence-corrected chi connectivity index (χ0v) is 13.4. The number of nitrogens with two attached hydrogens (primary N) is 1. The molecule has 0 saturated heterocycles. The molecule has 0 aliphatic heterocycles. The Morgan fingerprint density at radius 3 is 2.40 bits per heavy atom. The molecule has 0 bridgehead atoms. The lowest BCUT2D eigenvalue weighted by atomic mass is 9.54. The van der Waals surface area contributed by atoms with E-state index in [1.54, 1.807) is 0 Å². The van der Waals surface area contributed by atoms with E-state index in [0.717, 1.165) is 19.6 Å². The van der Waals surface area contributed by atoms with Gasteiger partial charge in [-0.25, -0.2) is 0 Å². The van der Waals surface area contributed by atoms with E-state index in [4.69, 9.17) is 10.5 Å². The molecule has 0 amide bonds. The summed E-state index contributed by atoms with van der Waals surface area (Å²) in [4.78, 5) is 2.25. The molecule has 1 fully saturated rings. The lowest BCUT2D eigenvalue weighted by molar-refractivity contribution is -0.145. The number of benzene rings is 1. The van der Waals surface area contributed by atoms with Crippen molar-refractivity contribution in [3.8, 4) is 0 Å². The van der Waals surface area contributed by atoms with Gasteiger partial charge in [0.05, 0.1) is 6.10 Å². The SMILES string of the molecule is CCOC1CC(N)(CN(C)c2ccc(C)cc2)C1(C)C. The number of likely N-dealkylation sites (N-methyl/N-ethyl adjacent to an activating group) is 1. The molecule has 3 heteroatoms. The maximum absolute atomic E-state index is 6.65. The van der Waals surface area contributed by atoms with Gasteiger partial charge in [0.1, 0.15) is 0 Å². The first-order valence-electron chi connectivity index (χ1n) is 7.48. The minimum absolute atomic E-state index is 0.0158. The van der Waals surface area contributed by atoms with Crippen LogP contribution in [0.4, 0.5) is 5.69 Å². The van der Waals surface area contributed by atoms with Crippen molar-refractivity contribution in [3.63, 3.8) is 0 Å². The van der Waals surface area contributed by atoms with Gasteiger partial charge >= 0.3 is 0 Å². The highest BCUT2D eigenvalue weighted by Crippen LogP contribution is 2.50. The van der Waals surface area contributed by atoms with Crippen LogP contribution in [0.5, 0.6) is 0 Å². The Morgan fingerprint density at radius 2 is 1.90 bits per heavy atom. The van der Waals surface area contributed by atoms with Gasteiger partial charge in [0.25, 0.3) is 0 Å². The predicted octanol–water partition coefficient (Wildman–Crippen LogP) is 2.96. The summed E-state index contributed by atoms with van der Waals surface area (Å²) in [6.45, 7) is 10.2. The van der Waals surface area contributed by atoms with Crippen LogP contribution in [0, 0.1) is 12.3 Å². The smallest absolute Gasteiger partial charge is 0.0662 e. The molecular weight excluding hydrogens is 248 g/mol. The molecule has 1 aromatic rings. The third kappa shape index (κ3) is 2.57. The number of rotatable bonds is 5. The molecule has 0 heterocycles. The molecule has 1 aromatic carbocycles. The van der Waals surface area contributed by atoms with Crippen LogP contribution in [0.1, 0.15) is 32.8 Å². The highest BCUT2D eigenvalue weighted by Gasteiger charge is 2.58. The van der Waals surface area contributed by atoms with E-state index in [9.17, 15) is 0 Å². The van der Waals surface area contributed by atoms with E-state index >= 15 is 0 Å². The second-order valence-corrected chi connectivity index (χ2v) is 6.72. The second-order valence-electron chi connectivity index (χ2n) is 6.72. The Hall–Kier alpha value is -1.06. The minimum atomic E-state index is -0.188. The van der Waals surface area contributed by atoms with E-state index in [1.807, 2.05) is 6.92 Å². The fraction of sp³-hybridized carbons (Fsp3) is 0.647. The van der Waals surface area contributed by atoms with Gasteiger partial charge in [-0.05, 0) is 32.4 Å². The minimum Gasteiger partial charge on any atom is -0.378 e. The molecule has 112 valence electrons. The van der Waals surface area contributed by atoms with Crippen molar-refractivity contribution in [2.45, 2.75) is 45.8 Å². The van der Waals surface area contributed by atoms with Gasteiger partial charge in [0.15, 0.2) is 0 Å². The summed E-state index contributed by atoms with van der Waals surface area (Å²) in [6, 6.07) is 8.60. The average molecular weight is 276 g/mol. The number of hydrogen-bond acceptors (Lipinski definition) is 3. The second kappa shape index (κ2) is 5.38. The van der Waals surface area contributed by atoms with E-state index in [1.165, 1.54) is 11.3 Å². The number of anilines is 1. The van der Waals surface area contributed by atoms with Gasteiger partial charge in [0.2, 0.25) is 0 Å². The molecule has 2 unspecified atom stereocenters. The van der Waals surface area contributed by atoms with Gasteiger partial charge in [-0.3, -0.25) is 0 Å². The van der Waals surface area contributed by atoms with Crippen molar-refractivity contribution < 1.29 is 4.74 Å². The van der Waals surface area contributed by atoms with Crippen LogP contribution in [0.15, 0.2) is 24.3 Å². The first-order valence-corrected chi connectivity index (χ1v) is 7.48. The maximum atomic E-state index is 6.65.